The molecule has 0 saturated carbocycles. The van der Waals surface area contributed by atoms with Crippen molar-refractivity contribution in [2.45, 2.75) is 45.9 Å². The van der Waals surface area contributed by atoms with Gasteiger partial charge in [0.25, 0.3) is 0 Å². The Kier molecular flexibility index (Phi) is 5.05. The molecule has 0 radical (unpaired) electrons. The summed E-state index contributed by atoms with van der Waals surface area (Å²) < 4.78 is 11.2. The number of hydrogen-bond acceptors (Lipinski definition) is 3. The van der Waals surface area contributed by atoms with E-state index in [1.807, 2.05) is 35.2 Å². The molecule has 0 N–H and O–H groups in total. The zero-order valence-electron chi connectivity index (χ0n) is 14.6. The van der Waals surface area contributed by atoms with E-state index in [4.69, 9.17) is 9.47 Å². The van der Waals surface area contributed by atoms with E-state index in [9.17, 15) is 4.79 Å². The number of benzene rings is 1. The molecule has 2 heterocycles. The van der Waals surface area contributed by atoms with E-state index in [-0.39, 0.29) is 18.2 Å². The second kappa shape index (κ2) is 7.22. The van der Waals surface area contributed by atoms with Gasteiger partial charge in [-0.15, -0.1) is 0 Å². The van der Waals surface area contributed by atoms with Gasteiger partial charge in [0.2, 0.25) is 0 Å². The monoisotopic (exact) mass is 327 g/mol. The Morgan fingerprint density at radius 2 is 1.96 bits per heavy atom. The normalized spacial score (nSPS) is 22.6. The van der Waals surface area contributed by atoms with E-state index in [0.717, 1.165) is 12.0 Å². The smallest absolute Gasteiger partial charge is 0.411 e. The van der Waals surface area contributed by atoms with Crippen LogP contribution < -0.4 is 0 Å². The van der Waals surface area contributed by atoms with Gasteiger partial charge in [-0.3, -0.25) is 4.90 Å². The van der Waals surface area contributed by atoms with Gasteiger partial charge in [-0.2, -0.15) is 0 Å². The molecule has 2 unspecified atom stereocenters. The molecular weight excluding hydrogens is 302 g/mol. The number of morpholine rings is 1. The Bertz CT molecular complexity index is 659. The molecule has 4 heteroatoms. The number of ether oxygens (including phenoxy) is 2. The standard InChI is InChI=1S/C20H25NO3/c1-14(2)15(3)17-9-18-12-23-13-19(10-17)21(18)20(22)24-11-16-7-5-4-6-8-16/h4-9,18-19H,10-13H2,1-3H3. The molecule has 4 nitrogen and oxygen atoms in total. The quantitative estimate of drug-likeness (QED) is 0.840. The van der Waals surface area contributed by atoms with Gasteiger partial charge in [-0.25, -0.2) is 4.79 Å². The van der Waals surface area contributed by atoms with E-state index in [2.05, 4.69) is 26.8 Å². The maximum atomic E-state index is 12.6. The van der Waals surface area contributed by atoms with Gasteiger partial charge in [0.15, 0.2) is 0 Å². The summed E-state index contributed by atoms with van der Waals surface area (Å²) in [7, 11) is 0. The predicted octanol–water partition coefficient (Wildman–Crippen LogP) is 4.08. The average Bonchev–Trinajstić information content (AvgIpc) is 2.58. The van der Waals surface area contributed by atoms with Crippen LogP contribution in [0.2, 0.25) is 0 Å². The summed E-state index contributed by atoms with van der Waals surface area (Å²) in [4.78, 5) is 14.5. The highest BCUT2D eigenvalue weighted by molar-refractivity contribution is 5.70. The summed E-state index contributed by atoms with van der Waals surface area (Å²) in [5.74, 6) is 0. The first-order valence-corrected chi connectivity index (χ1v) is 8.48. The number of allylic oxidation sites excluding steroid dienone is 2. The van der Waals surface area contributed by atoms with Crippen LogP contribution in [0.5, 0.6) is 0 Å². The van der Waals surface area contributed by atoms with Crippen LogP contribution in [-0.4, -0.2) is 36.3 Å². The minimum atomic E-state index is -0.248. The Morgan fingerprint density at radius 1 is 1.21 bits per heavy atom. The van der Waals surface area contributed by atoms with Crippen LogP contribution in [0.25, 0.3) is 0 Å². The van der Waals surface area contributed by atoms with Crippen molar-refractivity contribution in [3.05, 3.63) is 58.7 Å². The van der Waals surface area contributed by atoms with Crippen LogP contribution in [0.3, 0.4) is 0 Å². The molecule has 128 valence electrons. The molecule has 2 aliphatic heterocycles. The highest BCUT2D eigenvalue weighted by Crippen LogP contribution is 2.32. The van der Waals surface area contributed by atoms with Gasteiger partial charge >= 0.3 is 6.09 Å². The van der Waals surface area contributed by atoms with Crippen LogP contribution >= 0.6 is 0 Å². The van der Waals surface area contributed by atoms with Gasteiger partial charge in [-0.05, 0) is 43.9 Å². The molecule has 0 spiro atoms. The van der Waals surface area contributed by atoms with Gasteiger partial charge in [0, 0.05) is 0 Å². The van der Waals surface area contributed by atoms with Gasteiger partial charge in [0.05, 0.1) is 25.3 Å². The highest BCUT2D eigenvalue weighted by Gasteiger charge is 2.39. The molecular formula is C20H25NO3. The van der Waals surface area contributed by atoms with E-state index in [1.165, 1.54) is 16.7 Å². The summed E-state index contributed by atoms with van der Waals surface area (Å²) in [5, 5.41) is 0. The van der Waals surface area contributed by atoms with Crippen LogP contribution in [0.15, 0.2) is 53.1 Å². The molecule has 3 rings (SSSR count). The first kappa shape index (κ1) is 16.8. The third-order valence-electron chi connectivity index (χ3n) is 4.85. The topological polar surface area (TPSA) is 38.8 Å². The SMILES string of the molecule is CC(C)=C(C)C1=CC2COCC(C1)N2C(=O)OCc1ccccc1. The Hall–Kier alpha value is -2.07. The summed E-state index contributed by atoms with van der Waals surface area (Å²) in [6.45, 7) is 7.83. The molecule has 24 heavy (non-hydrogen) atoms. The first-order chi connectivity index (χ1) is 11.6. The predicted molar refractivity (Wildman–Crippen MR) is 93.6 cm³/mol. The molecule has 1 amide bonds. The van der Waals surface area contributed by atoms with Crippen molar-refractivity contribution in [2.75, 3.05) is 13.2 Å². The van der Waals surface area contributed by atoms with Crippen molar-refractivity contribution in [1.29, 1.82) is 0 Å². The second-order valence-electron chi connectivity index (χ2n) is 6.73. The molecule has 1 saturated heterocycles. The van der Waals surface area contributed by atoms with Crippen LogP contribution in [0.4, 0.5) is 4.79 Å². The maximum Gasteiger partial charge on any atom is 0.411 e. The molecule has 0 aromatic heterocycles. The average molecular weight is 327 g/mol. The Morgan fingerprint density at radius 3 is 2.62 bits per heavy atom. The summed E-state index contributed by atoms with van der Waals surface area (Å²) in [6, 6.07) is 9.79. The molecule has 1 fully saturated rings. The van der Waals surface area contributed by atoms with Crippen LogP contribution in [0, 0.1) is 0 Å². The molecule has 1 aromatic carbocycles. The zero-order chi connectivity index (χ0) is 17.1. The fraction of sp³-hybridized carbons (Fsp3) is 0.450. The molecule has 2 bridgehead atoms. The minimum Gasteiger partial charge on any atom is -0.445 e. The number of hydrogen-bond donors (Lipinski definition) is 0. The Balaban J connectivity index is 1.72. The van der Waals surface area contributed by atoms with Crippen molar-refractivity contribution in [3.63, 3.8) is 0 Å². The van der Waals surface area contributed by atoms with Crippen molar-refractivity contribution in [2.24, 2.45) is 0 Å². The number of carbonyl (C=O) groups excluding carboxylic acids is 1. The van der Waals surface area contributed by atoms with Crippen molar-refractivity contribution < 1.29 is 14.3 Å². The number of nitrogens with zero attached hydrogens (tertiary/aromatic N) is 1. The van der Waals surface area contributed by atoms with E-state index < -0.39 is 0 Å². The fourth-order valence-corrected chi connectivity index (χ4v) is 3.27. The minimum absolute atomic E-state index is 0.0370. The van der Waals surface area contributed by atoms with E-state index in [0.29, 0.717) is 19.8 Å². The zero-order valence-corrected chi connectivity index (χ0v) is 14.6. The Labute approximate surface area is 143 Å². The molecule has 2 aliphatic rings. The van der Waals surface area contributed by atoms with E-state index >= 15 is 0 Å². The van der Waals surface area contributed by atoms with Crippen molar-refractivity contribution in [3.8, 4) is 0 Å². The van der Waals surface area contributed by atoms with Crippen molar-refractivity contribution >= 4 is 6.09 Å². The lowest BCUT2D eigenvalue weighted by molar-refractivity contribution is -0.0369. The first-order valence-electron chi connectivity index (χ1n) is 8.48. The number of carbonyl (C=O) groups is 1. The van der Waals surface area contributed by atoms with Crippen LogP contribution in [0.1, 0.15) is 32.8 Å². The van der Waals surface area contributed by atoms with Gasteiger partial charge in [0.1, 0.15) is 6.61 Å². The third kappa shape index (κ3) is 3.54. The molecule has 1 aromatic rings. The summed E-state index contributed by atoms with van der Waals surface area (Å²) >= 11 is 0. The molecule has 2 atom stereocenters. The number of amides is 1. The largest absolute Gasteiger partial charge is 0.445 e. The number of rotatable bonds is 3. The van der Waals surface area contributed by atoms with Crippen molar-refractivity contribution in [1.82, 2.24) is 4.90 Å². The van der Waals surface area contributed by atoms with Crippen LogP contribution in [-0.2, 0) is 16.1 Å². The van der Waals surface area contributed by atoms with E-state index in [1.54, 1.807) is 0 Å². The van der Waals surface area contributed by atoms with Gasteiger partial charge in [-0.1, -0.05) is 42.0 Å². The van der Waals surface area contributed by atoms with Gasteiger partial charge < -0.3 is 9.47 Å². The second-order valence-corrected chi connectivity index (χ2v) is 6.73. The highest BCUT2D eigenvalue weighted by atomic mass is 16.6. The fourth-order valence-electron chi connectivity index (χ4n) is 3.27. The lowest BCUT2D eigenvalue weighted by Gasteiger charge is -2.44. The summed E-state index contributed by atoms with van der Waals surface area (Å²) in [6.07, 6.45) is 2.75. The maximum absolute atomic E-state index is 12.6. The lowest BCUT2D eigenvalue weighted by atomic mass is 9.89. The summed E-state index contributed by atoms with van der Waals surface area (Å²) in [5.41, 5.74) is 4.98. The third-order valence-corrected chi connectivity index (χ3v) is 4.85. The number of fused-ring (bicyclic) bond motifs is 2. The lowest BCUT2D eigenvalue weighted by Crippen LogP contribution is -2.56. The molecule has 0 aliphatic carbocycles.